The zero-order chi connectivity index (χ0) is 12.8. The van der Waals surface area contributed by atoms with Gasteiger partial charge in [0.15, 0.2) is 0 Å². The molecule has 0 atom stereocenters. The van der Waals surface area contributed by atoms with Gasteiger partial charge in [0, 0.05) is 19.6 Å². The monoisotopic (exact) mass is 250 g/mol. The van der Waals surface area contributed by atoms with Crippen molar-refractivity contribution in [2.75, 3.05) is 39.5 Å². The lowest BCUT2D eigenvalue weighted by Crippen LogP contribution is -2.40. The second-order valence-electron chi connectivity index (χ2n) is 4.87. The number of nitrogens with zero attached hydrogens (tertiary/aromatic N) is 2. The summed E-state index contributed by atoms with van der Waals surface area (Å²) in [6.45, 7) is 7.98. The van der Waals surface area contributed by atoms with Crippen LogP contribution in [0.15, 0.2) is 0 Å². The maximum Gasteiger partial charge on any atom is 0.214 e. The highest BCUT2D eigenvalue weighted by Gasteiger charge is 2.21. The minimum atomic E-state index is -3.06. The Bertz CT molecular complexity index is 274. The minimum absolute atomic E-state index is 0.257. The summed E-state index contributed by atoms with van der Waals surface area (Å²) in [5, 5.41) is 0. The molecule has 0 radical (unpaired) electrons. The van der Waals surface area contributed by atoms with E-state index in [4.69, 9.17) is 0 Å². The van der Waals surface area contributed by atoms with Gasteiger partial charge in [-0.2, -0.15) is 0 Å². The first-order valence-corrected chi connectivity index (χ1v) is 7.53. The Labute approximate surface area is 101 Å². The third kappa shape index (κ3) is 6.45. The summed E-state index contributed by atoms with van der Waals surface area (Å²) in [6.07, 6.45) is 0.679. The third-order valence-corrected chi connectivity index (χ3v) is 4.26. The molecule has 16 heavy (non-hydrogen) atoms. The van der Waals surface area contributed by atoms with Crippen molar-refractivity contribution in [3.63, 3.8) is 0 Å². The average Bonchev–Trinajstić information content (AvgIpc) is 2.11. The van der Waals surface area contributed by atoms with Gasteiger partial charge in [0.05, 0.1) is 5.75 Å². The van der Waals surface area contributed by atoms with Crippen LogP contribution in [0.2, 0.25) is 0 Å². The van der Waals surface area contributed by atoms with Gasteiger partial charge in [-0.1, -0.05) is 20.8 Å². The van der Waals surface area contributed by atoms with E-state index in [1.807, 2.05) is 39.8 Å². The largest absolute Gasteiger partial charge is 0.308 e. The van der Waals surface area contributed by atoms with Crippen LogP contribution in [-0.2, 0) is 10.0 Å². The van der Waals surface area contributed by atoms with E-state index in [0.29, 0.717) is 25.4 Å². The molecule has 0 aromatic rings. The van der Waals surface area contributed by atoms with Gasteiger partial charge in [0.1, 0.15) is 0 Å². The van der Waals surface area contributed by atoms with Crippen LogP contribution in [0.5, 0.6) is 0 Å². The highest BCUT2D eigenvalue weighted by molar-refractivity contribution is 7.89. The molecular formula is C11H26N2O2S. The SMILES string of the molecule is CCCS(=O)(=O)N(CCN(C)C)CC(C)C. The number of rotatable bonds is 8. The van der Waals surface area contributed by atoms with E-state index in [0.717, 1.165) is 6.54 Å². The van der Waals surface area contributed by atoms with Gasteiger partial charge in [-0.3, -0.25) is 0 Å². The highest BCUT2D eigenvalue weighted by Crippen LogP contribution is 2.07. The van der Waals surface area contributed by atoms with Crippen LogP contribution in [0.1, 0.15) is 27.2 Å². The van der Waals surface area contributed by atoms with Gasteiger partial charge in [-0.05, 0) is 26.4 Å². The summed E-state index contributed by atoms with van der Waals surface area (Å²) in [5.74, 6) is 0.626. The zero-order valence-electron chi connectivity index (χ0n) is 11.2. The van der Waals surface area contributed by atoms with Crippen LogP contribution < -0.4 is 0 Å². The quantitative estimate of drug-likeness (QED) is 0.651. The van der Waals surface area contributed by atoms with Crippen molar-refractivity contribution < 1.29 is 8.42 Å². The molecule has 4 nitrogen and oxygen atoms in total. The fraction of sp³-hybridized carbons (Fsp3) is 1.00. The molecule has 0 aliphatic carbocycles. The van der Waals surface area contributed by atoms with E-state index in [-0.39, 0.29) is 5.75 Å². The molecule has 0 fully saturated rings. The highest BCUT2D eigenvalue weighted by atomic mass is 32.2. The van der Waals surface area contributed by atoms with Gasteiger partial charge >= 0.3 is 0 Å². The lowest BCUT2D eigenvalue weighted by molar-refractivity contribution is 0.312. The van der Waals surface area contributed by atoms with Crippen LogP contribution in [0.3, 0.4) is 0 Å². The lowest BCUT2D eigenvalue weighted by atomic mass is 10.2. The van der Waals surface area contributed by atoms with Crippen molar-refractivity contribution >= 4 is 10.0 Å². The Kier molecular flexibility index (Phi) is 7.19. The second-order valence-corrected chi connectivity index (χ2v) is 6.96. The molecule has 0 saturated heterocycles. The van der Waals surface area contributed by atoms with E-state index < -0.39 is 10.0 Å². The van der Waals surface area contributed by atoms with Gasteiger partial charge in [0.2, 0.25) is 10.0 Å². The van der Waals surface area contributed by atoms with E-state index in [9.17, 15) is 8.42 Å². The van der Waals surface area contributed by atoms with Crippen molar-refractivity contribution in [2.24, 2.45) is 5.92 Å². The molecule has 0 unspecified atom stereocenters. The van der Waals surface area contributed by atoms with Crippen molar-refractivity contribution in [3.05, 3.63) is 0 Å². The third-order valence-electron chi connectivity index (χ3n) is 2.22. The van der Waals surface area contributed by atoms with E-state index >= 15 is 0 Å². The molecule has 0 aliphatic heterocycles. The van der Waals surface area contributed by atoms with Crippen LogP contribution in [-0.4, -0.2) is 57.1 Å². The molecule has 0 saturated carbocycles. The molecule has 0 N–H and O–H groups in total. The van der Waals surface area contributed by atoms with Crippen molar-refractivity contribution in [1.29, 1.82) is 0 Å². The number of likely N-dealkylation sites (N-methyl/N-ethyl adjacent to an activating group) is 1. The van der Waals surface area contributed by atoms with Crippen LogP contribution in [0, 0.1) is 5.92 Å². The molecule has 0 spiro atoms. The predicted molar refractivity (Wildman–Crippen MR) is 69.0 cm³/mol. The number of hydrogen-bond acceptors (Lipinski definition) is 3. The molecule has 0 heterocycles. The van der Waals surface area contributed by atoms with E-state index in [1.165, 1.54) is 0 Å². The maximum absolute atomic E-state index is 12.0. The zero-order valence-corrected chi connectivity index (χ0v) is 12.0. The molecular weight excluding hydrogens is 224 g/mol. The fourth-order valence-electron chi connectivity index (χ4n) is 1.45. The molecule has 5 heteroatoms. The molecule has 0 bridgehead atoms. The van der Waals surface area contributed by atoms with Gasteiger partial charge < -0.3 is 4.90 Å². The summed E-state index contributed by atoms with van der Waals surface area (Å²) in [6, 6.07) is 0. The number of hydrogen-bond donors (Lipinski definition) is 0. The first-order valence-electron chi connectivity index (χ1n) is 5.92. The van der Waals surface area contributed by atoms with E-state index in [1.54, 1.807) is 4.31 Å². The fourth-order valence-corrected chi connectivity index (χ4v) is 3.11. The van der Waals surface area contributed by atoms with Gasteiger partial charge in [-0.25, -0.2) is 12.7 Å². The Morgan fingerprint density at radius 3 is 2.06 bits per heavy atom. The van der Waals surface area contributed by atoms with E-state index in [2.05, 4.69) is 0 Å². The normalized spacial score (nSPS) is 13.0. The van der Waals surface area contributed by atoms with Crippen LogP contribution in [0.4, 0.5) is 0 Å². The van der Waals surface area contributed by atoms with Gasteiger partial charge in [-0.15, -0.1) is 0 Å². The predicted octanol–water partition coefficient (Wildman–Crippen LogP) is 1.25. The Balaban J connectivity index is 4.53. The molecule has 0 amide bonds. The summed E-state index contributed by atoms with van der Waals surface area (Å²) in [5.41, 5.74) is 0. The van der Waals surface area contributed by atoms with Crippen LogP contribution in [0.25, 0.3) is 0 Å². The lowest BCUT2D eigenvalue weighted by Gasteiger charge is -2.25. The summed E-state index contributed by atoms with van der Waals surface area (Å²) >= 11 is 0. The molecule has 0 aromatic heterocycles. The second kappa shape index (κ2) is 7.25. The summed E-state index contributed by atoms with van der Waals surface area (Å²) in [4.78, 5) is 2.01. The maximum atomic E-state index is 12.0. The summed E-state index contributed by atoms with van der Waals surface area (Å²) < 4.78 is 25.6. The molecule has 0 aromatic carbocycles. The molecule has 98 valence electrons. The Morgan fingerprint density at radius 2 is 1.69 bits per heavy atom. The minimum Gasteiger partial charge on any atom is -0.308 e. The smallest absolute Gasteiger partial charge is 0.214 e. The van der Waals surface area contributed by atoms with Crippen molar-refractivity contribution in [2.45, 2.75) is 27.2 Å². The number of sulfonamides is 1. The molecule has 0 rings (SSSR count). The first-order chi connectivity index (χ1) is 7.29. The molecule has 0 aliphatic rings. The van der Waals surface area contributed by atoms with Crippen LogP contribution >= 0.6 is 0 Å². The Morgan fingerprint density at radius 1 is 1.12 bits per heavy atom. The van der Waals surface area contributed by atoms with Crippen molar-refractivity contribution in [3.8, 4) is 0 Å². The first kappa shape index (κ1) is 15.9. The topological polar surface area (TPSA) is 40.6 Å². The van der Waals surface area contributed by atoms with Gasteiger partial charge in [0.25, 0.3) is 0 Å². The average molecular weight is 250 g/mol. The standard InChI is InChI=1S/C11H26N2O2S/c1-6-9-16(14,15)13(10-11(2)3)8-7-12(4)5/h11H,6-10H2,1-5H3. The van der Waals surface area contributed by atoms with Crippen molar-refractivity contribution in [1.82, 2.24) is 9.21 Å². The summed E-state index contributed by atoms with van der Waals surface area (Å²) in [7, 11) is 0.860. The Hall–Kier alpha value is -0.130.